The van der Waals surface area contributed by atoms with Crippen molar-refractivity contribution in [3.05, 3.63) is 11.2 Å². The molecule has 0 saturated heterocycles. The van der Waals surface area contributed by atoms with Crippen LogP contribution in [0.2, 0.25) is 0 Å². The summed E-state index contributed by atoms with van der Waals surface area (Å²) < 4.78 is 5.05. The van der Waals surface area contributed by atoms with Gasteiger partial charge in [0.05, 0.1) is 12.1 Å². The van der Waals surface area contributed by atoms with Crippen LogP contribution in [-0.4, -0.2) is 23.6 Å². The SMILES string of the molecule is CCOC(=O)c1ncsc1NC(CC)C1CCCCC1. The molecule has 5 heteroatoms. The van der Waals surface area contributed by atoms with Gasteiger partial charge in [-0.15, -0.1) is 11.3 Å². The molecular formula is C15H24N2O2S. The topological polar surface area (TPSA) is 51.2 Å². The number of thiazole rings is 1. The standard InChI is InChI=1S/C15H24N2O2S/c1-3-12(11-8-6-5-7-9-11)17-14-13(16-10-20-14)15(18)19-4-2/h10-12,17H,3-9H2,1-2H3. The molecule has 1 N–H and O–H groups in total. The summed E-state index contributed by atoms with van der Waals surface area (Å²) in [4.78, 5) is 16.0. The van der Waals surface area contributed by atoms with Gasteiger partial charge >= 0.3 is 5.97 Å². The fraction of sp³-hybridized carbons (Fsp3) is 0.733. The van der Waals surface area contributed by atoms with Crippen molar-refractivity contribution >= 4 is 22.3 Å². The minimum atomic E-state index is -0.324. The van der Waals surface area contributed by atoms with Crippen LogP contribution in [0.4, 0.5) is 5.00 Å². The monoisotopic (exact) mass is 296 g/mol. The third-order valence-electron chi connectivity index (χ3n) is 4.01. The van der Waals surface area contributed by atoms with Crippen molar-refractivity contribution in [3.8, 4) is 0 Å². The second-order valence-electron chi connectivity index (χ2n) is 5.31. The zero-order valence-corrected chi connectivity index (χ0v) is 13.2. The van der Waals surface area contributed by atoms with Gasteiger partial charge in [0, 0.05) is 6.04 Å². The summed E-state index contributed by atoms with van der Waals surface area (Å²) in [6, 6.07) is 0.434. The van der Waals surface area contributed by atoms with E-state index in [1.54, 1.807) is 5.51 Å². The average molecular weight is 296 g/mol. The fourth-order valence-electron chi connectivity index (χ4n) is 2.95. The number of nitrogens with zero attached hydrogens (tertiary/aromatic N) is 1. The zero-order valence-electron chi connectivity index (χ0n) is 12.4. The second-order valence-corrected chi connectivity index (χ2v) is 6.16. The molecule has 4 nitrogen and oxygen atoms in total. The van der Waals surface area contributed by atoms with Gasteiger partial charge in [-0.25, -0.2) is 9.78 Å². The number of carbonyl (C=O) groups is 1. The smallest absolute Gasteiger partial charge is 0.360 e. The van der Waals surface area contributed by atoms with E-state index in [1.807, 2.05) is 6.92 Å². The molecule has 0 bridgehead atoms. The van der Waals surface area contributed by atoms with Crippen molar-refractivity contribution in [3.63, 3.8) is 0 Å². The lowest BCUT2D eigenvalue weighted by Crippen LogP contribution is -2.30. The number of ether oxygens (including phenoxy) is 1. The molecule has 1 aliphatic rings. The van der Waals surface area contributed by atoms with Gasteiger partial charge in [0.1, 0.15) is 5.00 Å². The maximum atomic E-state index is 11.9. The highest BCUT2D eigenvalue weighted by Gasteiger charge is 2.25. The number of hydrogen-bond acceptors (Lipinski definition) is 5. The summed E-state index contributed by atoms with van der Waals surface area (Å²) in [6.45, 7) is 4.40. The number of anilines is 1. The highest BCUT2D eigenvalue weighted by atomic mass is 32.1. The molecule has 1 unspecified atom stereocenters. The normalized spacial score (nSPS) is 17.7. The fourth-order valence-corrected chi connectivity index (χ4v) is 3.68. The lowest BCUT2D eigenvalue weighted by molar-refractivity contribution is 0.0521. The molecule has 1 aliphatic carbocycles. The third-order valence-corrected chi connectivity index (χ3v) is 4.77. The quantitative estimate of drug-likeness (QED) is 0.803. The Labute approximate surface area is 124 Å². The highest BCUT2D eigenvalue weighted by Crippen LogP contribution is 2.31. The molecule has 0 aromatic carbocycles. The maximum absolute atomic E-state index is 11.9. The molecule has 20 heavy (non-hydrogen) atoms. The number of carbonyl (C=O) groups excluding carboxylic acids is 1. The molecule has 1 saturated carbocycles. The van der Waals surface area contributed by atoms with Crippen LogP contribution in [0.5, 0.6) is 0 Å². The summed E-state index contributed by atoms with van der Waals surface area (Å²) in [5.41, 5.74) is 2.15. The van der Waals surface area contributed by atoms with Crippen LogP contribution in [0.1, 0.15) is 62.9 Å². The molecule has 1 heterocycles. The van der Waals surface area contributed by atoms with Gasteiger partial charge in [-0.2, -0.15) is 0 Å². The van der Waals surface area contributed by atoms with Gasteiger partial charge in [-0.3, -0.25) is 0 Å². The Morgan fingerprint density at radius 2 is 2.20 bits per heavy atom. The van der Waals surface area contributed by atoms with Gasteiger partial charge < -0.3 is 10.1 Å². The Hall–Kier alpha value is -1.10. The summed E-state index contributed by atoms with van der Waals surface area (Å²) in [5, 5.41) is 4.40. The molecule has 1 aromatic rings. The Bertz CT molecular complexity index is 427. The lowest BCUT2D eigenvalue weighted by Gasteiger charge is -2.30. The first-order valence-corrected chi connectivity index (χ1v) is 8.51. The summed E-state index contributed by atoms with van der Waals surface area (Å²) >= 11 is 1.49. The third kappa shape index (κ3) is 3.72. The van der Waals surface area contributed by atoms with Gasteiger partial charge in [0.15, 0.2) is 5.69 Å². The molecule has 0 aliphatic heterocycles. The second kappa shape index (κ2) is 7.62. The van der Waals surface area contributed by atoms with Crippen molar-refractivity contribution in [2.75, 3.05) is 11.9 Å². The molecular weight excluding hydrogens is 272 g/mol. The lowest BCUT2D eigenvalue weighted by atomic mass is 9.83. The molecule has 2 rings (SSSR count). The van der Waals surface area contributed by atoms with E-state index < -0.39 is 0 Å². The van der Waals surface area contributed by atoms with Crippen molar-refractivity contribution in [2.24, 2.45) is 5.92 Å². The number of hydrogen-bond donors (Lipinski definition) is 1. The van der Waals surface area contributed by atoms with Crippen LogP contribution in [0.3, 0.4) is 0 Å². The van der Waals surface area contributed by atoms with Crippen molar-refractivity contribution in [1.82, 2.24) is 4.98 Å². The van der Waals surface area contributed by atoms with E-state index in [9.17, 15) is 4.79 Å². The van der Waals surface area contributed by atoms with Gasteiger partial charge in [0.2, 0.25) is 0 Å². The first-order chi connectivity index (χ1) is 9.76. The molecule has 0 amide bonds. The Morgan fingerprint density at radius 1 is 1.45 bits per heavy atom. The first kappa shape index (κ1) is 15.3. The summed E-state index contributed by atoms with van der Waals surface area (Å²) in [6.07, 6.45) is 7.68. The zero-order chi connectivity index (χ0) is 14.4. The minimum absolute atomic E-state index is 0.324. The van der Waals surface area contributed by atoms with Gasteiger partial charge in [-0.1, -0.05) is 26.2 Å². The highest BCUT2D eigenvalue weighted by molar-refractivity contribution is 7.14. The van der Waals surface area contributed by atoms with Crippen LogP contribution in [0, 0.1) is 5.92 Å². The Morgan fingerprint density at radius 3 is 2.85 bits per heavy atom. The molecule has 1 aromatic heterocycles. The van der Waals surface area contributed by atoms with E-state index in [1.165, 1.54) is 43.4 Å². The van der Waals surface area contributed by atoms with Crippen LogP contribution >= 0.6 is 11.3 Å². The van der Waals surface area contributed by atoms with E-state index in [0.717, 1.165) is 11.4 Å². The number of aromatic nitrogens is 1. The van der Waals surface area contributed by atoms with E-state index in [2.05, 4.69) is 17.2 Å². The van der Waals surface area contributed by atoms with E-state index in [4.69, 9.17) is 4.74 Å². The number of nitrogens with one attached hydrogen (secondary N) is 1. The summed E-state index contributed by atoms with van der Waals surface area (Å²) in [7, 11) is 0. The minimum Gasteiger partial charge on any atom is -0.461 e. The molecule has 1 fully saturated rings. The average Bonchev–Trinajstić information content (AvgIpc) is 2.94. The predicted molar refractivity (Wildman–Crippen MR) is 82.3 cm³/mol. The van der Waals surface area contributed by atoms with Crippen molar-refractivity contribution < 1.29 is 9.53 Å². The van der Waals surface area contributed by atoms with E-state index in [-0.39, 0.29) is 5.97 Å². The van der Waals surface area contributed by atoms with Crippen LogP contribution < -0.4 is 5.32 Å². The predicted octanol–water partition coefficient (Wildman–Crippen LogP) is 4.09. The largest absolute Gasteiger partial charge is 0.461 e. The van der Waals surface area contributed by atoms with Crippen LogP contribution in [-0.2, 0) is 4.74 Å². The maximum Gasteiger partial charge on any atom is 0.360 e. The molecule has 0 radical (unpaired) electrons. The van der Waals surface area contributed by atoms with E-state index in [0.29, 0.717) is 24.3 Å². The van der Waals surface area contributed by atoms with Gasteiger partial charge in [-0.05, 0) is 32.1 Å². The molecule has 1 atom stereocenters. The molecule has 0 spiro atoms. The van der Waals surface area contributed by atoms with Crippen LogP contribution in [0.15, 0.2) is 5.51 Å². The Kier molecular flexibility index (Phi) is 5.83. The summed E-state index contributed by atoms with van der Waals surface area (Å²) in [5.74, 6) is 0.389. The van der Waals surface area contributed by atoms with Gasteiger partial charge in [0.25, 0.3) is 0 Å². The first-order valence-electron chi connectivity index (χ1n) is 7.63. The molecule has 112 valence electrons. The van der Waals surface area contributed by atoms with Crippen molar-refractivity contribution in [2.45, 2.75) is 58.4 Å². The Balaban J connectivity index is 2.03. The number of esters is 1. The number of rotatable bonds is 6. The van der Waals surface area contributed by atoms with Crippen LogP contribution in [0.25, 0.3) is 0 Å². The van der Waals surface area contributed by atoms with E-state index >= 15 is 0 Å². The van der Waals surface area contributed by atoms with Crippen molar-refractivity contribution in [1.29, 1.82) is 0 Å².